The number of ether oxygens (including phenoxy) is 1. The summed E-state index contributed by atoms with van der Waals surface area (Å²) in [7, 11) is 0. The molecule has 2 aromatic rings. The van der Waals surface area contributed by atoms with E-state index in [2.05, 4.69) is 5.10 Å². The molecule has 34 heavy (non-hydrogen) atoms. The Labute approximate surface area is 193 Å². The first kappa shape index (κ1) is 21.5. The Balaban J connectivity index is 1.41. The zero-order chi connectivity index (χ0) is 24.0. The van der Waals surface area contributed by atoms with Crippen molar-refractivity contribution < 1.29 is 29.2 Å². The Kier molecular flexibility index (Phi) is 5.20. The second-order valence-electron chi connectivity index (χ2n) is 8.48. The van der Waals surface area contributed by atoms with Gasteiger partial charge in [-0.05, 0) is 42.0 Å². The summed E-state index contributed by atoms with van der Waals surface area (Å²) in [5.74, 6) is -2.63. The Hall–Kier alpha value is -4.34. The lowest BCUT2D eigenvalue weighted by Crippen LogP contribution is -2.28. The van der Waals surface area contributed by atoms with Crippen molar-refractivity contribution in [2.24, 2.45) is 28.8 Å². The smallest absolute Gasteiger partial charge is 0.335 e. The van der Waals surface area contributed by atoms with Gasteiger partial charge in [-0.2, -0.15) is 10.1 Å². The van der Waals surface area contributed by atoms with Crippen molar-refractivity contribution in [2.45, 2.75) is 13.0 Å². The van der Waals surface area contributed by atoms with Crippen molar-refractivity contribution in [3.8, 4) is 5.75 Å². The van der Waals surface area contributed by atoms with Crippen LogP contribution in [0.3, 0.4) is 0 Å². The molecule has 2 aliphatic carbocycles. The second kappa shape index (κ2) is 8.22. The number of hydrazone groups is 1. The number of allylic oxidation sites excluding steroid dienone is 2. The number of nitro benzene ring substituents is 1. The van der Waals surface area contributed by atoms with Gasteiger partial charge in [-0.15, -0.1) is 0 Å². The molecular weight excluding hydrogens is 442 g/mol. The molecule has 0 radical (unpaired) electrons. The zero-order valence-corrected chi connectivity index (χ0v) is 17.7. The maximum atomic E-state index is 12.8. The minimum absolute atomic E-state index is 0.0462. The molecule has 2 fully saturated rings. The minimum Gasteiger partial charge on any atom is -0.481 e. The first-order valence-electron chi connectivity index (χ1n) is 10.7. The molecule has 2 bridgehead atoms. The number of fused-ring (bicyclic) bond motifs is 5. The summed E-state index contributed by atoms with van der Waals surface area (Å²) in [6.45, 7) is -0.131. The van der Waals surface area contributed by atoms with E-state index in [0.717, 1.165) is 11.4 Å². The van der Waals surface area contributed by atoms with Crippen LogP contribution < -0.4 is 4.74 Å². The van der Waals surface area contributed by atoms with E-state index in [1.54, 1.807) is 12.1 Å². The van der Waals surface area contributed by atoms with Crippen LogP contribution in [0, 0.1) is 33.8 Å². The highest BCUT2D eigenvalue weighted by molar-refractivity contribution is 6.07. The quantitative estimate of drug-likeness (QED) is 0.220. The van der Waals surface area contributed by atoms with Crippen LogP contribution in [0.4, 0.5) is 5.69 Å². The number of nitrogens with zero attached hydrogens (tertiary/aromatic N) is 3. The molecule has 2 aromatic carbocycles. The van der Waals surface area contributed by atoms with Gasteiger partial charge >= 0.3 is 11.7 Å². The lowest BCUT2D eigenvalue weighted by Gasteiger charge is -2.13. The number of carbonyl (C=O) groups is 3. The molecule has 0 aromatic heterocycles. The molecule has 0 spiro atoms. The van der Waals surface area contributed by atoms with E-state index < -0.39 is 22.7 Å². The lowest BCUT2D eigenvalue weighted by molar-refractivity contribution is -0.386. The van der Waals surface area contributed by atoms with Crippen LogP contribution in [0.1, 0.15) is 27.9 Å². The van der Waals surface area contributed by atoms with Crippen LogP contribution in [-0.2, 0) is 16.2 Å². The molecule has 1 N–H and O–H groups in total. The molecule has 1 saturated heterocycles. The molecule has 1 aliphatic heterocycles. The maximum Gasteiger partial charge on any atom is 0.335 e. The standard InChI is InChI=1S/C24H19N3O7/c28-22-19-14-7-8-15(10-14)20(19)23(29)26(22)25-11-17-5-2-6-18(27(32)33)21(17)34-12-13-3-1-4-16(9-13)24(30)31/h1-9,11,14-15,19-20H,10,12H2,(H,30,31)/t14-,15-,19-,20+/m0/s1. The van der Waals surface area contributed by atoms with E-state index in [0.29, 0.717) is 5.56 Å². The summed E-state index contributed by atoms with van der Waals surface area (Å²) in [6.07, 6.45) is 5.98. The number of carboxylic acids is 1. The fourth-order valence-electron chi connectivity index (χ4n) is 5.01. The van der Waals surface area contributed by atoms with Gasteiger partial charge in [0.05, 0.1) is 28.5 Å². The largest absolute Gasteiger partial charge is 0.481 e. The van der Waals surface area contributed by atoms with E-state index in [1.807, 2.05) is 12.2 Å². The van der Waals surface area contributed by atoms with Crippen LogP contribution in [0.25, 0.3) is 0 Å². The number of benzene rings is 2. The van der Waals surface area contributed by atoms with Crippen LogP contribution in [0.15, 0.2) is 59.7 Å². The van der Waals surface area contributed by atoms with Gasteiger partial charge in [0.15, 0.2) is 0 Å². The summed E-state index contributed by atoms with van der Waals surface area (Å²) in [5, 5.41) is 25.7. The minimum atomic E-state index is -1.10. The second-order valence-corrected chi connectivity index (χ2v) is 8.48. The molecule has 0 unspecified atom stereocenters. The third-order valence-corrected chi connectivity index (χ3v) is 6.54. The van der Waals surface area contributed by atoms with Crippen molar-refractivity contribution in [1.29, 1.82) is 0 Å². The van der Waals surface area contributed by atoms with E-state index in [9.17, 15) is 24.5 Å². The topological polar surface area (TPSA) is 139 Å². The number of para-hydroxylation sites is 1. The monoisotopic (exact) mass is 461 g/mol. The molecule has 2 amide bonds. The Morgan fingerprint density at radius 3 is 2.47 bits per heavy atom. The van der Waals surface area contributed by atoms with Crippen molar-refractivity contribution in [3.05, 3.63) is 81.4 Å². The molecular formula is C24H19N3O7. The third kappa shape index (κ3) is 3.53. The van der Waals surface area contributed by atoms with Crippen LogP contribution in [0.2, 0.25) is 0 Å². The summed E-state index contributed by atoms with van der Waals surface area (Å²) in [6, 6.07) is 10.3. The van der Waals surface area contributed by atoms with Crippen LogP contribution >= 0.6 is 0 Å². The SMILES string of the molecule is O=C(O)c1cccc(COc2c(C=NN3C(=O)[C@@H]4[C@H](C3=O)[C@H]3C=C[C@H]4C3)cccc2[N+](=O)[O-])c1. The van der Waals surface area contributed by atoms with E-state index in [-0.39, 0.29) is 52.8 Å². The van der Waals surface area contributed by atoms with Gasteiger partial charge in [0.25, 0.3) is 11.8 Å². The highest BCUT2D eigenvalue weighted by atomic mass is 16.6. The Morgan fingerprint density at radius 1 is 1.15 bits per heavy atom. The number of hydrogen-bond donors (Lipinski definition) is 1. The predicted molar refractivity (Wildman–Crippen MR) is 118 cm³/mol. The Bertz CT molecular complexity index is 1260. The van der Waals surface area contributed by atoms with Crippen molar-refractivity contribution in [2.75, 3.05) is 0 Å². The summed E-state index contributed by atoms with van der Waals surface area (Å²) in [5.41, 5.74) is 0.450. The number of imide groups is 1. The van der Waals surface area contributed by atoms with Crippen LogP contribution in [-0.4, -0.2) is 39.0 Å². The van der Waals surface area contributed by atoms with Gasteiger partial charge in [0, 0.05) is 11.6 Å². The molecule has 1 heterocycles. The lowest BCUT2D eigenvalue weighted by atomic mass is 9.85. The van der Waals surface area contributed by atoms with Crippen molar-refractivity contribution in [3.63, 3.8) is 0 Å². The van der Waals surface area contributed by atoms with E-state index in [4.69, 9.17) is 9.84 Å². The summed E-state index contributed by atoms with van der Waals surface area (Å²) >= 11 is 0. The Morgan fingerprint density at radius 2 is 1.82 bits per heavy atom. The van der Waals surface area contributed by atoms with Gasteiger partial charge in [-0.1, -0.05) is 30.4 Å². The molecule has 10 nitrogen and oxygen atoms in total. The molecule has 4 atom stereocenters. The molecule has 1 saturated carbocycles. The third-order valence-electron chi connectivity index (χ3n) is 6.54. The average Bonchev–Trinajstić information content (AvgIpc) is 3.50. The van der Waals surface area contributed by atoms with Gasteiger partial charge in [0.1, 0.15) is 6.61 Å². The molecule has 3 aliphatic rings. The van der Waals surface area contributed by atoms with Gasteiger partial charge in [-0.25, -0.2) is 4.79 Å². The predicted octanol–water partition coefficient (Wildman–Crippen LogP) is 3.01. The number of carboxylic acid groups (broad SMARTS) is 1. The number of nitro groups is 1. The first-order valence-corrected chi connectivity index (χ1v) is 10.7. The number of hydrogen-bond acceptors (Lipinski definition) is 7. The number of rotatable bonds is 7. The van der Waals surface area contributed by atoms with Gasteiger partial charge < -0.3 is 9.84 Å². The van der Waals surface area contributed by atoms with Gasteiger partial charge in [-0.3, -0.25) is 19.7 Å². The first-order chi connectivity index (χ1) is 16.3. The van der Waals surface area contributed by atoms with E-state index >= 15 is 0 Å². The number of carbonyl (C=O) groups excluding carboxylic acids is 2. The van der Waals surface area contributed by atoms with Crippen molar-refractivity contribution >= 4 is 29.7 Å². The summed E-state index contributed by atoms with van der Waals surface area (Å²) in [4.78, 5) is 47.8. The van der Waals surface area contributed by atoms with Crippen LogP contribution in [0.5, 0.6) is 5.75 Å². The van der Waals surface area contributed by atoms with Crippen molar-refractivity contribution in [1.82, 2.24) is 5.01 Å². The normalized spacial score (nSPS) is 24.8. The maximum absolute atomic E-state index is 12.8. The number of amides is 2. The fourth-order valence-corrected chi connectivity index (χ4v) is 5.01. The summed E-state index contributed by atoms with van der Waals surface area (Å²) < 4.78 is 5.71. The molecule has 5 rings (SSSR count). The fraction of sp³-hybridized carbons (Fsp3) is 0.250. The average molecular weight is 461 g/mol. The molecule has 10 heteroatoms. The van der Waals surface area contributed by atoms with Gasteiger partial charge in [0.2, 0.25) is 5.75 Å². The van der Waals surface area contributed by atoms with E-state index in [1.165, 1.54) is 36.5 Å². The highest BCUT2D eigenvalue weighted by Gasteiger charge is 2.59. The highest BCUT2D eigenvalue weighted by Crippen LogP contribution is 2.52. The molecule has 172 valence electrons. The zero-order valence-electron chi connectivity index (χ0n) is 17.7. The number of aromatic carboxylic acids is 1.